The molecule has 0 atom stereocenters. The molecule has 0 aliphatic rings. The van der Waals surface area contributed by atoms with E-state index >= 15 is 0 Å². The van der Waals surface area contributed by atoms with Crippen LogP contribution in [0.25, 0.3) is 10.8 Å². The van der Waals surface area contributed by atoms with Crippen molar-refractivity contribution in [1.29, 1.82) is 0 Å². The molecule has 0 fully saturated rings. The van der Waals surface area contributed by atoms with Gasteiger partial charge in [0.15, 0.2) is 18.4 Å². The van der Waals surface area contributed by atoms with Gasteiger partial charge in [-0.3, -0.25) is 4.79 Å². The van der Waals surface area contributed by atoms with Gasteiger partial charge in [-0.1, -0.05) is 41.9 Å². The zero-order chi connectivity index (χ0) is 18.4. The molecule has 7 heteroatoms. The van der Waals surface area contributed by atoms with Crippen molar-refractivity contribution in [2.24, 2.45) is 0 Å². The number of ether oxygens (including phenoxy) is 2. The lowest BCUT2D eigenvalue weighted by atomic mass is 10.1. The van der Waals surface area contributed by atoms with E-state index in [1.165, 1.54) is 6.20 Å². The first-order valence-corrected chi connectivity index (χ1v) is 8.17. The number of esters is 1. The summed E-state index contributed by atoms with van der Waals surface area (Å²) in [6.45, 7) is -0.732. The second-order valence-corrected chi connectivity index (χ2v) is 5.71. The lowest BCUT2D eigenvalue weighted by molar-refractivity contribution is -0.149. The molecule has 3 rings (SSSR count). The van der Waals surface area contributed by atoms with Crippen LogP contribution in [0.4, 0.5) is 5.69 Å². The first-order valence-electron chi connectivity index (χ1n) is 7.79. The number of aromatic nitrogens is 1. The third-order valence-corrected chi connectivity index (χ3v) is 3.78. The van der Waals surface area contributed by atoms with Crippen LogP contribution in [0.3, 0.4) is 0 Å². The number of nitrogens with zero attached hydrogens (tertiary/aromatic N) is 1. The minimum absolute atomic E-state index is 0.159. The van der Waals surface area contributed by atoms with Crippen LogP contribution in [-0.4, -0.2) is 30.1 Å². The fourth-order valence-electron chi connectivity index (χ4n) is 2.25. The summed E-state index contributed by atoms with van der Waals surface area (Å²) < 4.78 is 10.3. The lowest BCUT2D eigenvalue weighted by Crippen LogP contribution is -2.23. The SMILES string of the molecule is O=C(COC(=O)COc1ccc2ccccc2c1)Nc1cccnc1Cl. The van der Waals surface area contributed by atoms with Gasteiger partial charge in [0, 0.05) is 6.20 Å². The Kier molecular flexibility index (Phi) is 5.66. The number of pyridine rings is 1. The summed E-state index contributed by atoms with van der Waals surface area (Å²) in [5.41, 5.74) is 0.350. The van der Waals surface area contributed by atoms with Crippen LogP contribution in [0.5, 0.6) is 5.75 Å². The minimum Gasteiger partial charge on any atom is -0.482 e. The maximum atomic E-state index is 11.8. The fourth-order valence-corrected chi connectivity index (χ4v) is 2.42. The van der Waals surface area contributed by atoms with Crippen molar-refractivity contribution in [2.45, 2.75) is 0 Å². The Hall–Kier alpha value is -3.12. The summed E-state index contributed by atoms with van der Waals surface area (Å²) >= 11 is 5.84. The zero-order valence-electron chi connectivity index (χ0n) is 13.6. The van der Waals surface area contributed by atoms with Crippen molar-refractivity contribution in [1.82, 2.24) is 4.98 Å². The molecule has 132 valence electrons. The van der Waals surface area contributed by atoms with Crippen molar-refractivity contribution >= 4 is 39.9 Å². The molecule has 0 spiro atoms. The third-order valence-electron chi connectivity index (χ3n) is 3.48. The van der Waals surface area contributed by atoms with E-state index in [4.69, 9.17) is 21.1 Å². The smallest absolute Gasteiger partial charge is 0.344 e. The van der Waals surface area contributed by atoms with E-state index in [1.807, 2.05) is 36.4 Å². The molecule has 0 unspecified atom stereocenters. The first-order chi connectivity index (χ1) is 12.6. The average molecular weight is 371 g/mol. The second-order valence-electron chi connectivity index (χ2n) is 5.35. The van der Waals surface area contributed by atoms with Gasteiger partial charge >= 0.3 is 5.97 Å². The average Bonchev–Trinajstić information content (AvgIpc) is 2.66. The number of hydrogen-bond acceptors (Lipinski definition) is 5. The van der Waals surface area contributed by atoms with E-state index in [0.29, 0.717) is 11.4 Å². The van der Waals surface area contributed by atoms with Gasteiger partial charge in [0.1, 0.15) is 5.75 Å². The number of amides is 1. The Morgan fingerprint density at radius 2 is 1.81 bits per heavy atom. The van der Waals surface area contributed by atoms with Gasteiger partial charge in [0.25, 0.3) is 5.91 Å². The van der Waals surface area contributed by atoms with Crippen LogP contribution in [0, 0.1) is 0 Å². The highest BCUT2D eigenvalue weighted by atomic mass is 35.5. The first kappa shape index (κ1) is 17.7. The van der Waals surface area contributed by atoms with E-state index < -0.39 is 18.5 Å². The summed E-state index contributed by atoms with van der Waals surface area (Å²) in [5, 5.41) is 4.75. The largest absolute Gasteiger partial charge is 0.482 e. The number of benzene rings is 2. The Bertz CT molecular complexity index is 945. The number of carbonyl (C=O) groups is 2. The van der Waals surface area contributed by atoms with Gasteiger partial charge in [-0.2, -0.15) is 0 Å². The molecule has 1 amide bonds. The Balaban J connectivity index is 1.46. The van der Waals surface area contributed by atoms with Gasteiger partial charge in [0.2, 0.25) is 0 Å². The van der Waals surface area contributed by atoms with E-state index in [9.17, 15) is 9.59 Å². The Morgan fingerprint density at radius 3 is 2.62 bits per heavy atom. The van der Waals surface area contributed by atoms with E-state index in [1.54, 1.807) is 18.2 Å². The van der Waals surface area contributed by atoms with Crippen molar-refractivity contribution in [3.05, 3.63) is 65.9 Å². The predicted octanol–water partition coefficient (Wildman–Crippen LogP) is 3.45. The monoisotopic (exact) mass is 370 g/mol. The maximum Gasteiger partial charge on any atom is 0.344 e. The number of fused-ring (bicyclic) bond motifs is 1. The topological polar surface area (TPSA) is 77.5 Å². The zero-order valence-corrected chi connectivity index (χ0v) is 14.4. The molecule has 1 N–H and O–H groups in total. The number of halogens is 1. The predicted molar refractivity (Wildman–Crippen MR) is 98.3 cm³/mol. The maximum absolute atomic E-state index is 11.8. The molecule has 0 radical (unpaired) electrons. The molecular formula is C19H15ClN2O4. The molecule has 26 heavy (non-hydrogen) atoms. The van der Waals surface area contributed by atoms with Gasteiger partial charge in [-0.15, -0.1) is 0 Å². The molecule has 2 aromatic carbocycles. The number of carbonyl (C=O) groups excluding carboxylic acids is 2. The van der Waals surface area contributed by atoms with Crippen LogP contribution >= 0.6 is 11.6 Å². The molecule has 1 heterocycles. The summed E-state index contributed by atoms with van der Waals surface area (Å²) in [6.07, 6.45) is 1.50. The standard InChI is InChI=1S/C19H15ClN2O4/c20-19-16(6-3-9-21-19)22-17(23)11-26-18(24)12-25-15-8-7-13-4-1-2-5-14(13)10-15/h1-10H,11-12H2,(H,22,23). The van der Waals surface area contributed by atoms with Crippen molar-refractivity contribution in [2.75, 3.05) is 18.5 Å². The number of hydrogen-bond donors (Lipinski definition) is 1. The highest BCUT2D eigenvalue weighted by molar-refractivity contribution is 6.32. The summed E-state index contributed by atoms with van der Waals surface area (Å²) in [7, 11) is 0. The molecule has 6 nitrogen and oxygen atoms in total. The molecule has 0 aliphatic heterocycles. The molecule has 0 aliphatic carbocycles. The third kappa shape index (κ3) is 4.70. The molecule has 1 aromatic heterocycles. The van der Waals surface area contributed by atoms with Crippen LogP contribution in [0.1, 0.15) is 0 Å². The fraction of sp³-hybridized carbons (Fsp3) is 0.105. The number of nitrogens with one attached hydrogen (secondary N) is 1. The van der Waals surface area contributed by atoms with Crippen molar-refractivity contribution in [3.8, 4) is 5.75 Å². The van der Waals surface area contributed by atoms with E-state index in [0.717, 1.165) is 10.8 Å². The number of anilines is 1. The Morgan fingerprint density at radius 1 is 1.00 bits per heavy atom. The highest BCUT2D eigenvalue weighted by Crippen LogP contribution is 2.20. The van der Waals surface area contributed by atoms with E-state index in [-0.39, 0.29) is 11.8 Å². The summed E-state index contributed by atoms with van der Waals surface area (Å²) in [6, 6.07) is 16.5. The lowest BCUT2D eigenvalue weighted by Gasteiger charge is -2.09. The van der Waals surface area contributed by atoms with E-state index in [2.05, 4.69) is 10.3 Å². The summed E-state index contributed by atoms with van der Waals surface area (Å²) in [5.74, 6) is -0.614. The van der Waals surface area contributed by atoms with Gasteiger partial charge < -0.3 is 14.8 Å². The van der Waals surface area contributed by atoms with Gasteiger partial charge in [-0.05, 0) is 35.0 Å². The van der Waals surface area contributed by atoms with Crippen molar-refractivity contribution < 1.29 is 19.1 Å². The Labute approximate surface area is 154 Å². The van der Waals surface area contributed by atoms with Gasteiger partial charge in [-0.25, -0.2) is 9.78 Å². The molecule has 0 saturated heterocycles. The van der Waals surface area contributed by atoms with Crippen molar-refractivity contribution in [3.63, 3.8) is 0 Å². The molecule has 0 bridgehead atoms. The normalized spacial score (nSPS) is 10.3. The van der Waals surface area contributed by atoms with Crippen LogP contribution in [0.15, 0.2) is 60.8 Å². The number of rotatable bonds is 6. The molecule has 3 aromatic rings. The quantitative estimate of drug-likeness (QED) is 0.531. The van der Waals surface area contributed by atoms with Gasteiger partial charge in [0.05, 0.1) is 5.69 Å². The van der Waals surface area contributed by atoms with Crippen LogP contribution in [-0.2, 0) is 14.3 Å². The van der Waals surface area contributed by atoms with Crippen LogP contribution < -0.4 is 10.1 Å². The minimum atomic E-state index is -0.648. The molecular weight excluding hydrogens is 356 g/mol. The van der Waals surface area contributed by atoms with Crippen LogP contribution in [0.2, 0.25) is 5.15 Å². The second kappa shape index (κ2) is 8.31. The summed E-state index contributed by atoms with van der Waals surface area (Å²) in [4.78, 5) is 27.3. The highest BCUT2D eigenvalue weighted by Gasteiger charge is 2.10. The molecule has 0 saturated carbocycles.